The molecule has 0 aliphatic carbocycles. The Balaban J connectivity index is 2.21. The lowest BCUT2D eigenvalue weighted by Crippen LogP contribution is -2.33. The van der Waals surface area contributed by atoms with E-state index in [-0.39, 0.29) is 5.91 Å². The SMILES string of the molecule is CCCCN(CC)C(=O)Cc1c(C)nn(-c2ccccc2)c1C. The number of aromatic nitrogens is 2. The number of likely N-dealkylation sites (N-methyl/N-ethyl adjacent to an activating group) is 1. The highest BCUT2D eigenvalue weighted by atomic mass is 16.2. The maximum atomic E-state index is 12.6. The Labute approximate surface area is 139 Å². The molecule has 0 fully saturated rings. The van der Waals surface area contributed by atoms with Crippen molar-refractivity contribution in [2.75, 3.05) is 13.1 Å². The molecule has 0 atom stereocenters. The lowest BCUT2D eigenvalue weighted by Gasteiger charge is -2.20. The molecule has 0 aliphatic heterocycles. The minimum absolute atomic E-state index is 0.194. The molecule has 23 heavy (non-hydrogen) atoms. The van der Waals surface area contributed by atoms with Gasteiger partial charge >= 0.3 is 0 Å². The summed E-state index contributed by atoms with van der Waals surface area (Å²) in [4.78, 5) is 14.5. The van der Waals surface area contributed by atoms with Gasteiger partial charge in [-0.1, -0.05) is 31.5 Å². The number of carbonyl (C=O) groups is 1. The van der Waals surface area contributed by atoms with Gasteiger partial charge < -0.3 is 4.90 Å². The number of unbranched alkanes of at least 4 members (excludes halogenated alkanes) is 1. The molecule has 0 saturated heterocycles. The highest BCUT2D eigenvalue weighted by Crippen LogP contribution is 2.19. The molecule has 2 aromatic rings. The van der Waals surface area contributed by atoms with Crippen LogP contribution in [-0.2, 0) is 11.2 Å². The van der Waals surface area contributed by atoms with Crippen LogP contribution in [0, 0.1) is 13.8 Å². The van der Waals surface area contributed by atoms with E-state index in [9.17, 15) is 4.79 Å². The number of hydrogen-bond acceptors (Lipinski definition) is 2. The van der Waals surface area contributed by atoms with E-state index in [1.807, 2.05) is 60.7 Å². The maximum Gasteiger partial charge on any atom is 0.227 e. The van der Waals surface area contributed by atoms with E-state index in [2.05, 4.69) is 12.0 Å². The van der Waals surface area contributed by atoms with Gasteiger partial charge in [0.25, 0.3) is 0 Å². The molecule has 124 valence electrons. The summed E-state index contributed by atoms with van der Waals surface area (Å²) >= 11 is 0. The lowest BCUT2D eigenvalue weighted by atomic mass is 10.1. The van der Waals surface area contributed by atoms with Gasteiger partial charge in [-0.3, -0.25) is 4.79 Å². The molecule has 1 heterocycles. The second-order valence-electron chi connectivity index (χ2n) is 5.90. The molecule has 2 rings (SSSR count). The van der Waals surface area contributed by atoms with Crippen LogP contribution in [0.25, 0.3) is 5.69 Å². The predicted octanol–water partition coefficient (Wildman–Crippen LogP) is 3.68. The Bertz CT molecular complexity index is 646. The summed E-state index contributed by atoms with van der Waals surface area (Å²) in [5, 5.41) is 4.63. The fraction of sp³-hybridized carbons (Fsp3) is 0.474. The first kappa shape index (κ1) is 17.3. The normalized spacial score (nSPS) is 10.8. The highest BCUT2D eigenvalue weighted by Gasteiger charge is 2.18. The molecule has 1 aromatic carbocycles. The van der Waals surface area contributed by atoms with Crippen molar-refractivity contribution in [3.8, 4) is 5.69 Å². The molecule has 0 unspecified atom stereocenters. The van der Waals surface area contributed by atoms with Crippen LogP contribution in [0.1, 0.15) is 43.6 Å². The standard InChI is InChI=1S/C19H27N3O/c1-5-7-13-21(6-2)19(23)14-18-15(3)20-22(16(18)4)17-11-9-8-10-12-17/h8-12H,5-7,13-14H2,1-4H3. The van der Waals surface area contributed by atoms with Crippen molar-refractivity contribution in [1.82, 2.24) is 14.7 Å². The number of benzene rings is 1. The lowest BCUT2D eigenvalue weighted by molar-refractivity contribution is -0.130. The first-order valence-electron chi connectivity index (χ1n) is 8.46. The zero-order valence-electron chi connectivity index (χ0n) is 14.7. The van der Waals surface area contributed by atoms with Crippen LogP contribution >= 0.6 is 0 Å². The largest absolute Gasteiger partial charge is 0.343 e. The van der Waals surface area contributed by atoms with Gasteiger partial charge in [-0.25, -0.2) is 4.68 Å². The fourth-order valence-electron chi connectivity index (χ4n) is 2.82. The highest BCUT2D eigenvalue weighted by molar-refractivity contribution is 5.79. The molecule has 0 N–H and O–H groups in total. The van der Waals surface area contributed by atoms with Gasteiger partial charge in [-0.15, -0.1) is 0 Å². The molecule has 1 aromatic heterocycles. The second kappa shape index (κ2) is 7.95. The smallest absolute Gasteiger partial charge is 0.227 e. The zero-order valence-corrected chi connectivity index (χ0v) is 14.7. The summed E-state index contributed by atoms with van der Waals surface area (Å²) < 4.78 is 1.93. The van der Waals surface area contributed by atoms with Gasteiger partial charge in [0.05, 0.1) is 17.8 Å². The van der Waals surface area contributed by atoms with E-state index in [1.165, 1.54) is 0 Å². The van der Waals surface area contributed by atoms with Crippen LogP contribution in [0.5, 0.6) is 0 Å². The molecule has 0 radical (unpaired) electrons. The third-order valence-corrected chi connectivity index (χ3v) is 4.29. The molecule has 0 bridgehead atoms. The van der Waals surface area contributed by atoms with Crippen LogP contribution < -0.4 is 0 Å². The quantitative estimate of drug-likeness (QED) is 0.782. The van der Waals surface area contributed by atoms with E-state index in [4.69, 9.17) is 0 Å². The van der Waals surface area contributed by atoms with Crippen molar-refractivity contribution < 1.29 is 4.79 Å². The van der Waals surface area contributed by atoms with E-state index >= 15 is 0 Å². The van der Waals surface area contributed by atoms with E-state index < -0.39 is 0 Å². The van der Waals surface area contributed by atoms with Gasteiger partial charge in [0, 0.05) is 24.3 Å². The average molecular weight is 313 g/mol. The Morgan fingerprint density at radius 3 is 2.48 bits per heavy atom. The molecule has 0 aliphatic rings. The molecule has 4 nitrogen and oxygen atoms in total. The molecule has 0 saturated carbocycles. The number of para-hydroxylation sites is 1. The van der Waals surface area contributed by atoms with Crippen LogP contribution in [0.15, 0.2) is 30.3 Å². The van der Waals surface area contributed by atoms with Gasteiger partial charge in [-0.05, 0) is 39.3 Å². The number of nitrogens with zero attached hydrogens (tertiary/aromatic N) is 3. The summed E-state index contributed by atoms with van der Waals surface area (Å²) in [6.45, 7) is 9.83. The second-order valence-corrected chi connectivity index (χ2v) is 5.90. The van der Waals surface area contributed by atoms with Gasteiger partial charge in [0.2, 0.25) is 5.91 Å². The zero-order chi connectivity index (χ0) is 16.8. The number of carbonyl (C=O) groups excluding carboxylic acids is 1. The summed E-state index contributed by atoms with van der Waals surface area (Å²) in [7, 11) is 0. The van der Waals surface area contributed by atoms with E-state index in [0.717, 1.165) is 48.6 Å². The van der Waals surface area contributed by atoms with E-state index in [0.29, 0.717) is 6.42 Å². The fourth-order valence-corrected chi connectivity index (χ4v) is 2.82. The van der Waals surface area contributed by atoms with Crippen molar-refractivity contribution in [3.05, 3.63) is 47.3 Å². The number of hydrogen-bond donors (Lipinski definition) is 0. The minimum atomic E-state index is 0.194. The number of aryl methyl sites for hydroxylation is 1. The van der Waals surface area contributed by atoms with Gasteiger partial charge in [-0.2, -0.15) is 5.10 Å². The third-order valence-electron chi connectivity index (χ3n) is 4.29. The van der Waals surface area contributed by atoms with Crippen molar-refractivity contribution in [3.63, 3.8) is 0 Å². The summed E-state index contributed by atoms with van der Waals surface area (Å²) in [6.07, 6.45) is 2.59. The van der Waals surface area contributed by atoms with Crippen LogP contribution in [-0.4, -0.2) is 33.7 Å². The predicted molar refractivity (Wildman–Crippen MR) is 93.9 cm³/mol. The van der Waals surface area contributed by atoms with E-state index in [1.54, 1.807) is 0 Å². The van der Waals surface area contributed by atoms with Crippen molar-refractivity contribution in [1.29, 1.82) is 0 Å². The monoisotopic (exact) mass is 313 g/mol. The number of rotatable bonds is 7. The Hall–Kier alpha value is -2.10. The molecular weight excluding hydrogens is 286 g/mol. The van der Waals surface area contributed by atoms with Gasteiger partial charge in [0.1, 0.15) is 0 Å². The van der Waals surface area contributed by atoms with Crippen molar-refractivity contribution >= 4 is 5.91 Å². The van der Waals surface area contributed by atoms with Crippen molar-refractivity contribution in [2.24, 2.45) is 0 Å². The van der Waals surface area contributed by atoms with Crippen molar-refractivity contribution in [2.45, 2.75) is 47.0 Å². The summed E-state index contributed by atoms with van der Waals surface area (Å²) in [5.74, 6) is 0.194. The minimum Gasteiger partial charge on any atom is -0.343 e. The molecule has 4 heteroatoms. The Morgan fingerprint density at radius 1 is 1.17 bits per heavy atom. The van der Waals surface area contributed by atoms with Crippen LogP contribution in [0.3, 0.4) is 0 Å². The topological polar surface area (TPSA) is 38.1 Å². The molecule has 1 amide bonds. The van der Waals surface area contributed by atoms with Crippen LogP contribution in [0.4, 0.5) is 0 Å². The molecular formula is C19H27N3O. The third kappa shape index (κ3) is 4.01. The maximum absolute atomic E-state index is 12.6. The Morgan fingerprint density at radius 2 is 1.87 bits per heavy atom. The first-order valence-corrected chi connectivity index (χ1v) is 8.46. The number of amides is 1. The average Bonchev–Trinajstić information content (AvgIpc) is 2.84. The Kier molecular flexibility index (Phi) is 5.97. The first-order chi connectivity index (χ1) is 11.1. The molecule has 0 spiro atoms. The summed E-state index contributed by atoms with van der Waals surface area (Å²) in [6, 6.07) is 10.1. The summed E-state index contributed by atoms with van der Waals surface area (Å²) in [5.41, 5.74) is 4.07. The van der Waals surface area contributed by atoms with Crippen LogP contribution in [0.2, 0.25) is 0 Å². The van der Waals surface area contributed by atoms with Gasteiger partial charge in [0.15, 0.2) is 0 Å².